The molecule has 152 valence electrons. The number of halogens is 2. The lowest BCUT2D eigenvalue weighted by atomic mass is 9.95. The number of amides is 1. The second-order valence-electron chi connectivity index (χ2n) is 7.01. The highest BCUT2D eigenvalue weighted by Crippen LogP contribution is 2.30. The van der Waals surface area contributed by atoms with Crippen molar-refractivity contribution in [3.63, 3.8) is 0 Å². The van der Waals surface area contributed by atoms with Crippen LogP contribution < -0.4 is 10.6 Å². The van der Waals surface area contributed by atoms with Gasteiger partial charge in [0.05, 0.1) is 18.8 Å². The predicted molar refractivity (Wildman–Crippen MR) is 117 cm³/mol. The van der Waals surface area contributed by atoms with Crippen LogP contribution in [0.4, 0.5) is 5.69 Å². The van der Waals surface area contributed by atoms with Crippen LogP contribution >= 0.6 is 24.8 Å². The van der Waals surface area contributed by atoms with Crippen LogP contribution in [-0.4, -0.2) is 56.2 Å². The molecule has 2 heterocycles. The Morgan fingerprint density at radius 2 is 1.57 bits per heavy atom. The van der Waals surface area contributed by atoms with Crippen LogP contribution in [0.3, 0.4) is 0 Å². The lowest BCUT2D eigenvalue weighted by Crippen LogP contribution is -2.38. The summed E-state index contributed by atoms with van der Waals surface area (Å²) in [5.41, 5.74) is 9.34. The van der Waals surface area contributed by atoms with Crippen LogP contribution in [0.1, 0.15) is 21.8 Å². The molecule has 0 saturated carbocycles. The Hall–Kier alpha value is -1.79. The minimum absolute atomic E-state index is 0. The molecule has 5 nitrogen and oxygen atoms in total. The first-order valence-corrected chi connectivity index (χ1v) is 9.25. The quantitative estimate of drug-likeness (QED) is 0.823. The first kappa shape index (κ1) is 22.5. The number of para-hydroxylation sites is 1. The van der Waals surface area contributed by atoms with Gasteiger partial charge in [-0.1, -0.05) is 42.5 Å². The zero-order valence-electron chi connectivity index (χ0n) is 15.7. The molecule has 2 atom stereocenters. The molecule has 2 aromatic rings. The smallest absolute Gasteiger partial charge is 0.256 e. The van der Waals surface area contributed by atoms with Crippen LogP contribution in [-0.2, 0) is 4.74 Å². The van der Waals surface area contributed by atoms with E-state index in [0.717, 1.165) is 24.3 Å². The number of nitrogens with zero attached hydrogens (tertiary/aromatic N) is 2. The van der Waals surface area contributed by atoms with E-state index in [4.69, 9.17) is 10.5 Å². The molecular formula is C21H27Cl2N3O2. The van der Waals surface area contributed by atoms with Crippen molar-refractivity contribution in [2.75, 3.05) is 44.3 Å². The molecular weight excluding hydrogens is 397 g/mol. The molecule has 0 bridgehead atoms. The third-order valence-electron chi connectivity index (χ3n) is 5.37. The molecule has 0 aliphatic carbocycles. The molecule has 1 amide bonds. The summed E-state index contributed by atoms with van der Waals surface area (Å²) in [6.45, 7) is 4.30. The maximum Gasteiger partial charge on any atom is 0.256 e. The van der Waals surface area contributed by atoms with E-state index in [1.807, 2.05) is 47.4 Å². The van der Waals surface area contributed by atoms with Gasteiger partial charge in [-0.25, -0.2) is 0 Å². The summed E-state index contributed by atoms with van der Waals surface area (Å²) in [7, 11) is 0. The Morgan fingerprint density at radius 1 is 0.929 bits per heavy atom. The Balaban J connectivity index is 0.00000140. The number of nitrogens with two attached hydrogens (primary N) is 1. The maximum absolute atomic E-state index is 13.2. The normalized spacial score (nSPS) is 21.6. The standard InChI is InChI=1S/C21H25N3O2.2ClH/c22-19-15-24(14-18(19)16-6-2-1-3-7-16)21(25)17-8-4-5-9-20(17)23-10-12-26-13-11-23;;/h1-9,18-19H,10-15,22H2;2*1H/t18-,19+;;/m0../s1. The first-order valence-electron chi connectivity index (χ1n) is 9.25. The van der Waals surface area contributed by atoms with Crippen LogP contribution in [0.25, 0.3) is 0 Å². The number of hydrogen-bond donors (Lipinski definition) is 1. The lowest BCUT2D eigenvalue weighted by Gasteiger charge is -2.31. The molecule has 0 spiro atoms. The maximum atomic E-state index is 13.2. The monoisotopic (exact) mass is 423 g/mol. The number of anilines is 1. The number of rotatable bonds is 3. The van der Waals surface area contributed by atoms with Gasteiger partial charge in [-0.3, -0.25) is 4.79 Å². The highest BCUT2D eigenvalue weighted by atomic mass is 35.5. The van der Waals surface area contributed by atoms with Gasteiger partial charge < -0.3 is 20.3 Å². The third kappa shape index (κ3) is 4.61. The van der Waals surface area contributed by atoms with Gasteiger partial charge in [-0.2, -0.15) is 0 Å². The number of benzene rings is 2. The number of likely N-dealkylation sites (tertiary alicyclic amines) is 1. The van der Waals surface area contributed by atoms with Crippen molar-refractivity contribution in [2.45, 2.75) is 12.0 Å². The summed E-state index contributed by atoms with van der Waals surface area (Å²) in [4.78, 5) is 17.4. The largest absolute Gasteiger partial charge is 0.378 e. The van der Waals surface area contributed by atoms with Gasteiger partial charge in [0.15, 0.2) is 0 Å². The minimum Gasteiger partial charge on any atom is -0.378 e. The van der Waals surface area contributed by atoms with E-state index in [2.05, 4.69) is 17.0 Å². The lowest BCUT2D eigenvalue weighted by molar-refractivity contribution is 0.0788. The Labute approximate surface area is 178 Å². The number of ether oxygens (including phenoxy) is 1. The number of morpholine rings is 1. The summed E-state index contributed by atoms with van der Waals surface area (Å²) >= 11 is 0. The first-order chi connectivity index (χ1) is 12.7. The van der Waals surface area contributed by atoms with Crippen molar-refractivity contribution >= 4 is 36.4 Å². The van der Waals surface area contributed by atoms with Crippen LogP contribution in [0.5, 0.6) is 0 Å². The molecule has 4 rings (SSSR count). The van der Waals surface area contributed by atoms with Gasteiger partial charge in [0.1, 0.15) is 0 Å². The van der Waals surface area contributed by atoms with Crippen molar-refractivity contribution in [2.24, 2.45) is 5.73 Å². The van der Waals surface area contributed by atoms with Gasteiger partial charge in [0.25, 0.3) is 5.91 Å². The summed E-state index contributed by atoms with van der Waals surface area (Å²) < 4.78 is 5.44. The van der Waals surface area contributed by atoms with Crippen molar-refractivity contribution in [1.82, 2.24) is 4.90 Å². The molecule has 7 heteroatoms. The SMILES string of the molecule is Cl.Cl.N[C@@H]1CN(C(=O)c2ccccc2N2CCOCC2)C[C@H]1c1ccccc1. The van der Waals surface area contributed by atoms with Gasteiger partial charge in [-0.05, 0) is 17.7 Å². The Morgan fingerprint density at radius 3 is 2.29 bits per heavy atom. The molecule has 2 aliphatic heterocycles. The van der Waals surface area contributed by atoms with Crippen molar-refractivity contribution in [3.8, 4) is 0 Å². The average molecular weight is 424 g/mol. The predicted octanol–water partition coefficient (Wildman–Crippen LogP) is 2.93. The zero-order chi connectivity index (χ0) is 17.9. The molecule has 0 radical (unpaired) electrons. The molecule has 2 aromatic carbocycles. The van der Waals surface area contributed by atoms with Crippen LogP contribution in [0, 0.1) is 0 Å². The fourth-order valence-corrected chi connectivity index (χ4v) is 3.95. The fraction of sp³-hybridized carbons (Fsp3) is 0.381. The van der Waals surface area contributed by atoms with E-state index < -0.39 is 0 Å². The second-order valence-corrected chi connectivity index (χ2v) is 7.01. The average Bonchev–Trinajstić information content (AvgIpc) is 3.10. The zero-order valence-corrected chi connectivity index (χ0v) is 17.3. The summed E-state index contributed by atoms with van der Waals surface area (Å²) in [5.74, 6) is 0.261. The fourth-order valence-electron chi connectivity index (χ4n) is 3.95. The van der Waals surface area contributed by atoms with Crippen LogP contribution in [0.15, 0.2) is 54.6 Å². The van der Waals surface area contributed by atoms with E-state index in [0.29, 0.717) is 26.3 Å². The van der Waals surface area contributed by atoms with Gasteiger partial charge in [0.2, 0.25) is 0 Å². The summed E-state index contributed by atoms with van der Waals surface area (Å²) in [6, 6.07) is 18.1. The van der Waals surface area contributed by atoms with Crippen molar-refractivity contribution in [3.05, 3.63) is 65.7 Å². The van der Waals surface area contributed by atoms with E-state index >= 15 is 0 Å². The topological polar surface area (TPSA) is 58.8 Å². The minimum atomic E-state index is -0.0306. The van der Waals surface area contributed by atoms with Crippen molar-refractivity contribution < 1.29 is 9.53 Å². The van der Waals surface area contributed by atoms with E-state index in [-0.39, 0.29) is 42.7 Å². The van der Waals surface area contributed by atoms with E-state index in [1.165, 1.54) is 5.56 Å². The van der Waals surface area contributed by atoms with Gasteiger partial charge >= 0.3 is 0 Å². The van der Waals surface area contributed by atoms with Gasteiger partial charge in [-0.15, -0.1) is 24.8 Å². The number of hydrogen-bond acceptors (Lipinski definition) is 4. The molecule has 0 unspecified atom stereocenters. The summed E-state index contributed by atoms with van der Waals surface area (Å²) in [6.07, 6.45) is 0. The Kier molecular flexibility index (Phi) is 8.13. The molecule has 2 aliphatic rings. The molecule has 2 fully saturated rings. The molecule has 0 aromatic heterocycles. The summed E-state index contributed by atoms with van der Waals surface area (Å²) in [5, 5.41) is 0. The van der Waals surface area contributed by atoms with Crippen LogP contribution in [0.2, 0.25) is 0 Å². The van der Waals surface area contributed by atoms with E-state index in [9.17, 15) is 4.79 Å². The van der Waals surface area contributed by atoms with E-state index in [1.54, 1.807) is 0 Å². The number of carbonyl (C=O) groups is 1. The second kappa shape index (κ2) is 10.1. The highest BCUT2D eigenvalue weighted by molar-refractivity contribution is 6.00. The molecule has 2 saturated heterocycles. The third-order valence-corrected chi connectivity index (χ3v) is 5.37. The number of carbonyl (C=O) groups excluding carboxylic acids is 1. The molecule has 28 heavy (non-hydrogen) atoms. The molecule has 2 N–H and O–H groups in total. The Bertz CT molecular complexity index is 769. The van der Waals surface area contributed by atoms with Crippen molar-refractivity contribution in [1.29, 1.82) is 0 Å². The highest BCUT2D eigenvalue weighted by Gasteiger charge is 2.35. The van der Waals surface area contributed by atoms with Gasteiger partial charge in [0, 0.05) is 43.8 Å².